The summed E-state index contributed by atoms with van der Waals surface area (Å²) < 4.78 is 4.47. The van der Waals surface area contributed by atoms with Crippen molar-refractivity contribution in [3.63, 3.8) is 0 Å². The number of hydrogen-bond donors (Lipinski definition) is 0. The summed E-state index contributed by atoms with van der Waals surface area (Å²) in [4.78, 5) is 4.40. The Bertz CT molecular complexity index is 525. The van der Waals surface area contributed by atoms with Crippen LogP contribution in [-0.4, -0.2) is 24.3 Å². The molecule has 0 aromatic carbocycles. The van der Waals surface area contributed by atoms with Crippen molar-refractivity contribution >= 4 is 0 Å². The SMILES string of the molecule is CCCc1nccn1Cc1nnc2n1CCCC2. The summed E-state index contributed by atoms with van der Waals surface area (Å²) in [6.45, 7) is 4.04. The van der Waals surface area contributed by atoms with Gasteiger partial charge in [0.25, 0.3) is 0 Å². The average Bonchev–Trinajstić information content (AvgIpc) is 2.99. The van der Waals surface area contributed by atoms with E-state index in [9.17, 15) is 0 Å². The molecule has 5 heteroatoms. The van der Waals surface area contributed by atoms with Crippen LogP contribution in [0.5, 0.6) is 0 Å². The topological polar surface area (TPSA) is 48.5 Å². The minimum absolute atomic E-state index is 0.794. The highest BCUT2D eigenvalue weighted by Crippen LogP contribution is 2.15. The zero-order valence-corrected chi connectivity index (χ0v) is 10.8. The molecular formula is C13H19N5. The van der Waals surface area contributed by atoms with Gasteiger partial charge in [0.15, 0.2) is 5.82 Å². The Balaban J connectivity index is 1.83. The quantitative estimate of drug-likeness (QED) is 0.825. The first kappa shape index (κ1) is 11.4. The van der Waals surface area contributed by atoms with Gasteiger partial charge in [-0.2, -0.15) is 0 Å². The van der Waals surface area contributed by atoms with E-state index >= 15 is 0 Å². The van der Waals surface area contributed by atoms with Crippen molar-refractivity contribution in [2.75, 3.05) is 0 Å². The number of imidazole rings is 1. The lowest BCUT2D eigenvalue weighted by molar-refractivity contribution is 0.499. The minimum Gasteiger partial charge on any atom is -0.327 e. The van der Waals surface area contributed by atoms with E-state index in [0.29, 0.717) is 0 Å². The van der Waals surface area contributed by atoms with Gasteiger partial charge in [-0.05, 0) is 19.3 Å². The lowest BCUT2D eigenvalue weighted by Gasteiger charge is -2.15. The van der Waals surface area contributed by atoms with Crippen LogP contribution in [0.1, 0.15) is 43.7 Å². The Labute approximate surface area is 107 Å². The van der Waals surface area contributed by atoms with E-state index in [1.807, 2.05) is 12.4 Å². The van der Waals surface area contributed by atoms with Crippen molar-refractivity contribution < 1.29 is 0 Å². The normalized spacial score (nSPS) is 14.7. The van der Waals surface area contributed by atoms with E-state index in [1.54, 1.807) is 0 Å². The maximum absolute atomic E-state index is 4.40. The summed E-state index contributed by atoms with van der Waals surface area (Å²) in [7, 11) is 0. The third-order valence-electron chi connectivity index (χ3n) is 3.52. The maximum Gasteiger partial charge on any atom is 0.153 e. The zero-order chi connectivity index (χ0) is 12.4. The molecule has 0 spiro atoms. The molecule has 0 N–H and O–H groups in total. The monoisotopic (exact) mass is 245 g/mol. The van der Waals surface area contributed by atoms with E-state index < -0.39 is 0 Å². The van der Waals surface area contributed by atoms with Crippen LogP contribution in [0.3, 0.4) is 0 Å². The second kappa shape index (κ2) is 4.92. The molecule has 1 aliphatic rings. The second-order valence-electron chi connectivity index (χ2n) is 4.86. The van der Waals surface area contributed by atoms with Gasteiger partial charge in [-0.15, -0.1) is 10.2 Å². The summed E-state index contributed by atoms with van der Waals surface area (Å²) in [5.74, 6) is 3.36. The fourth-order valence-electron chi connectivity index (χ4n) is 2.57. The average molecular weight is 245 g/mol. The molecule has 0 saturated carbocycles. The van der Waals surface area contributed by atoms with Crippen LogP contribution < -0.4 is 0 Å². The van der Waals surface area contributed by atoms with Crippen molar-refractivity contribution in [3.8, 4) is 0 Å². The Morgan fingerprint density at radius 1 is 1.22 bits per heavy atom. The van der Waals surface area contributed by atoms with E-state index in [0.717, 1.165) is 49.8 Å². The van der Waals surface area contributed by atoms with Gasteiger partial charge in [-0.3, -0.25) is 0 Å². The Morgan fingerprint density at radius 3 is 3.06 bits per heavy atom. The molecule has 3 heterocycles. The number of rotatable bonds is 4. The van der Waals surface area contributed by atoms with Crippen molar-refractivity contribution in [1.82, 2.24) is 24.3 Å². The van der Waals surface area contributed by atoms with Crippen LogP contribution in [0, 0.1) is 0 Å². The number of fused-ring (bicyclic) bond motifs is 1. The predicted molar refractivity (Wildman–Crippen MR) is 68.3 cm³/mol. The molecule has 0 saturated heterocycles. The van der Waals surface area contributed by atoms with E-state index in [4.69, 9.17) is 0 Å². The highest BCUT2D eigenvalue weighted by molar-refractivity contribution is 5.02. The number of aromatic nitrogens is 5. The number of hydrogen-bond acceptors (Lipinski definition) is 3. The Morgan fingerprint density at radius 2 is 2.17 bits per heavy atom. The summed E-state index contributed by atoms with van der Waals surface area (Å²) in [5.41, 5.74) is 0. The molecule has 2 aromatic rings. The van der Waals surface area contributed by atoms with Gasteiger partial charge >= 0.3 is 0 Å². The highest BCUT2D eigenvalue weighted by atomic mass is 15.3. The van der Waals surface area contributed by atoms with E-state index in [1.165, 1.54) is 12.8 Å². The van der Waals surface area contributed by atoms with Gasteiger partial charge in [-0.25, -0.2) is 4.98 Å². The van der Waals surface area contributed by atoms with Crippen LogP contribution in [0.4, 0.5) is 0 Å². The molecule has 1 aliphatic heterocycles. The van der Waals surface area contributed by atoms with Crippen LogP contribution in [0.25, 0.3) is 0 Å². The molecule has 0 aliphatic carbocycles. The van der Waals surface area contributed by atoms with Crippen molar-refractivity contribution in [1.29, 1.82) is 0 Å². The molecule has 5 nitrogen and oxygen atoms in total. The summed E-state index contributed by atoms with van der Waals surface area (Å²) in [6, 6.07) is 0. The number of aryl methyl sites for hydroxylation is 2. The summed E-state index contributed by atoms with van der Waals surface area (Å²) in [5, 5.41) is 8.63. The van der Waals surface area contributed by atoms with Crippen molar-refractivity contribution in [2.45, 2.75) is 52.1 Å². The molecule has 0 fully saturated rings. The fourth-order valence-corrected chi connectivity index (χ4v) is 2.57. The molecule has 2 aromatic heterocycles. The molecule has 96 valence electrons. The molecule has 3 rings (SSSR count). The van der Waals surface area contributed by atoms with Gasteiger partial charge < -0.3 is 9.13 Å². The van der Waals surface area contributed by atoms with E-state index in [2.05, 4.69) is 31.2 Å². The maximum atomic E-state index is 4.40. The fraction of sp³-hybridized carbons (Fsp3) is 0.615. The van der Waals surface area contributed by atoms with Gasteiger partial charge in [0.05, 0.1) is 6.54 Å². The van der Waals surface area contributed by atoms with Crippen LogP contribution in [-0.2, 0) is 25.9 Å². The molecular weight excluding hydrogens is 226 g/mol. The smallest absolute Gasteiger partial charge is 0.153 e. The molecule has 0 atom stereocenters. The van der Waals surface area contributed by atoms with Crippen LogP contribution in [0.2, 0.25) is 0 Å². The lowest BCUT2D eigenvalue weighted by Crippen LogP contribution is -2.15. The van der Waals surface area contributed by atoms with Crippen molar-refractivity contribution in [3.05, 3.63) is 29.9 Å². The highest BCUT2D eigenvalue weighted by Gasteiger charge is 2.16. The predicted octanol–water partition coefficient (Wildman–Crippen LogP) is 1.81. The Kier molecular flexibility index (Phi) is 3.13. The first-order chi connectivity index (χ1) is 8.88. The third kappa shape index (κ3) is 2.05. The van der Waals surface area contributed by atoms with Crippen LogP contribution in [0.15, 0.2) is 12.4 Å². The second-order valence-corrected chi connectivity index (χ2v) is 4.86. The largest absolute Gasteiger partial charge is 0.327 e. The summed E-state index contributed by atoms with van der Waals surface area (Å²) >= 11 is 0. The Hall–Kier alpha value is -1.65. The molecule has 0 radical (unpaired) electrons. The van der Waals surface area contributed by atoms with Gasteiger partial charge in [-0.1, -0.05) is 6.92 Å². The first-order valence-corrected chi connectivity index (χ1v) is 6.79. The van der Waals surface area contributed by atoms with Gasteiger partial charge in [0, 0.05) is 31.8 Å². The van der Waals surface area contributed by atoms with E-state index in [-0.39, 0.29) is 0 Å². The minimum atomic E-state index is 0.794. The van der Waals surface area contributed by atoms with Crippen LogP contribution >= 0.6 is 0 Å². The van der Waals surface area contributed by atoms with Gasteiger partial charge in [0.2, 0.25) is 0 Å². The lowest BCUT2D eigenvalue weighted by atomic mass is 10.2. The van der Waals surface area contributed by atoms with Gasteiger partial charge in [0.1, 0.15) is 11.6 Å². The molecule has 0 amide bonds. The van der Waals surface area contributed by atoms with Crippen molar-refractivity contribution in [2.24, 2.45) is 0 Å². The molecule has 18 heavy (non-hydrogen) atoms. The third-order valence-corrected chi connectivity index (χ3v) is 3.52. The molecule has 0 unspecified atom stereocenters. The number of nitrogens with zero attached hydrogens (tertiary/aromatic N) is 5. The summed E-state index contributed by atoms with van der Waals surface area (Å²) in [6.07, 6.45) is 9.60. The zero-order valence-electron chi connectivity index (χ0n) is 10.8. The standard InChI is InChI=1S/C13H19N5/c1-2-5-11-14-7-9-17(11)10-13-16-15-12-6-3-4-8-18(12)13/h7,9H,2-6,8,10H2,1H3. The molecule has 0 bridgehead atoms. The first-order valence-electron chi connectivity index (χ1n) is 6.79.